The highest BCUT2D eigenvalue weighted by molar-refractivity contribution is 5.94. The number of aromatic nitrogens is 3. The van der Waals surface area contributed by atoms with Crippen molar-refractivity contribution < 1.29 is 4.79 Å². The van der Waals surface area contributed by atoms with E-state index in [4.69, 9.17) is 0 Å². The molecule has 6 heteroatoms. The average molecular weight is 353 g/mol. The average Bonchev–Trinajstić information content (AvgIpc) is 3.43. The fourth-order valence-electron chi connectivity index (χ4n) is 4.17. The molecule has 0 bridgehead atoms. The summed E-state index contributed by atoms with van der Waals surface area (Å²) in [5.74, 6) is 0.783. The maximum Gasteiger partial charge on any atom is 0.251 e. The molecule has 1 aromatic heterocycles. The van der Waals surface area contributed by atoms with E-state index in [0.29, 0.717) is 11.6 Å². The SMILES string of the molecule is CC(NC(=O)c1ccc(N2CCCC2)cc1)c1nncn1C1CCCC1. The van der Waals surface area contributed by atoms with Gasteiger partial charge in [0.25, 0.3) is 5.91 Å². The van der Waals surface area contributed by atoms with Gasteiger partial charge in [0, 0.05) is 30.4 Å². The topological polar surface area (TPSA) is 63.1 Å². The molecule has 26 heavy (non-hydrogen) atoms. The van der Waals surface area contributed by atoms with Crippen molar-refractivity contribution in [1.82, 2.24) is 20.1 Å². The van der Waals surface area contributed by atoms with Crippen molar-refractivity contribution in [1.29, 1.82) is 0 Å². The molecule has 1 N–H and O–H groups in total. The normalized spacial score (nSPS) is 19.0. The van der Waals surface area contributed by atoms with Crippen LogP contribution in [0.15, 0.2) is 30.6 Å². The number of hydrogen-bond acceptors (Lipinski definition) is 4. The molecule has 1 saturated heterocycles. The molecular formula is C20H27N5O. The minimum atomic E-state index is -0.163. The van der Waals surface area contributed by atoms with Crippen LogP contribution in [-0.2, 0) is 0 Å². The second kappa shape index (κ2) is 7.48. The Hall–Kier alpha value is -2.37. The van der Waals surface area contributed by atoms with Gasteiger partial charge in [0.2, 0.25) is 0 Å². The predicted molar refractivity (Wildman–Crippen MR) is 101 cm³/mol. The lowest BCUT2D eigenvalue weighted by Gasteiger charge is -2.19. The van der Waals surface area contributed by atoms with Gasteiger partial charge in [0.1, 0.15) is 6.33 Å². The number of carbonyl (C=O) groups excluding carboxylic acids is 1. The third-order valence-electron chi connectivity index (χ3n) is 5.65. The van der Waals surface area contributed by atoms with Gasteiger partial charge in [-0.1, -0.05) is 12.8 Å². The molecule has 2 aliphatic rings. The zero-order valence-corrected chi connectivity index (χ0v) is 15.4. The Morgan fingerprint density at radius 3 is 2.50 bits per heavy atom. The third kappa shape index (κ3) is 3.45. The van der Waals surface area contributed by atoms with Crippen LogP contribution in [0.4, 0.5) is 5.69 Å². The maximum atomic E-state index is 12.6. The highest BCUT2D eigenvalue weighted by atomic mass is 16.1. The number of anilines is 1. The molecule has 2 fully saturated rings. The van der Waals surface area contributed by atoms with Gasteiger partial charge >= 0.3 is 0 Å². The standard InChI is InChI=1S/C20H27N5O/c1-15(19-23-21-14-25(19)18-6-2-3-7-18)22-20(26)16-8-10-17(11-9-16)24-12-4-5-13-24/h8-11,14-15,18H,2-7,12-13H2,1H3,(H,22,26). The van der Waals surface area contributed by atoms with E-state index in [-0.39, 0.29) is 11.9 Å². The fraction of sp³-hybridized carbons (Fsp3) is 0.550. The summed E-state index contributed by atoms with van der Waals surface area (Å²) in [5.41, 5.74) is 1.89. The Labute approximate surface area is 154 Å². The molecule has 2 aromatic rings. The number of nitrogens with one attached hydrogen (secondary N) is 1. The van der Waals surface area contributed by atoms with Gasteiger partial charge in [-0.3, -0.25) is 4.79 Å². The van der Waals surface area contributed by atoms with E-state index in [9.17, 15) is 4.79 Å². The first-order valence-electron chi connectivity index (χ1n) is 9.77. The zero-order valence-electron chi connectivity index (χ0n) is 15.4. The quantitative estimate of drug-likeness (QED) is 0.894. The molecular weight excluding hydrogens is 326 g/mol. The van der Waals surface area contributed by atoms with Crippen molar-refractivity contribution in [3.05, 3.63) is 42.0 Å². The lowest BCUT2D eigenvalue weighted by atomic mass is 10.1. The number of hydrogen-bond donors (Lipinski definition) is 1. The summed E-state index contributed by atoms with van der Waals surface area (Å²) in [6.07, 6.45) is 9.16. The predicted octanol–water partition coefficient (Wildman–Crippen LogP) is 3.48. The van der Waals surface area contributed by atoms with Crippen molar-refractivity contribution in [2.24, 2.45) is 0 Å². The van der Waals surface area contributed by atoms with Crippen LogP contribution in [0.5, 0.6) is 0 Å². The Kier molecular flexibility index (Phi) is 4.91. The van der Waals surface area contributed by atoms with Crippen LogP contribution >= 0.6 is 0 Å². The van der Waals surface area contributed by atoms with Gasteiger partial charge in [-0.25, -0.2) is 0 Å². The van der Waals surface area contributed by atoms with Crippen LogP contribution in [0.2, 0.25) is 0 Å². The molecule has 2 heterocycles. The summed E-state index contributed by atoms with van der Waals surface area (Å²) in [6.45, 7) is 4.20. The van der Waals surface area contributed by atoms with Crippen LogP contribution in [0.3, 0.4) is 0 Å². The Morgan fingerprint density at radius 2 is 1.81 bits per heavy atom. The Bertz CT molecular complexity index is 742. The molecule has 1 atom stereocenters. The van der Waals surface area contributed by atoms with Gasteiger partial charge in [0.05, 0.1) is 6.04 Å². The first kappa shape index (κ1) is 17.1. The van der Waals surface area contributed by atoms with Crippen LogP contribution in [-0.4, -0.2) is 33.8 Å². The molecule has 1 aliphatic carbocycles. The lowest BCUT2D eigenvalue weighted by molar-refractivity contribution is 0.0937. The van der Waals surface area contributed by atoms with E-state index in [1.807, 2.05) is 31.2 Å². The second-order valence-electron chi connectivity index (χ2n) is 7.47. The van der Waals surface area contributed by atoms with Crippen molar-refractivity contribution in [2.45, 2.75) is 57.5 Å². The molecule has 138 valence electrons. The molecule has 1 aliphatic heterocycles. The van der Waals surface area contributed by atoms with E-state index in [1.54, 1.807) is 6.33 Å². The highest BCUT2D eigenvalue weighted by Gasteiger charge is 2.23. The van der Waals surface area contributed by atoms with E-state index in [2.05, 4.69) is 25.0 Å². The highest BCUT2D eigenvalue weighted by Crippen LogP contribution is 2.31. The largest absolute Gasteiger partial charge is 0.372 e. The van der Waals surface area contributed by atoms with Crippen molar-refractivity contribution >= 4 is 11.6 Å². The van der Waals surface area contributed by atoms with Crippen molar-refractivity contribution in [2.75, 3.05) is 18.0 Å². The number of benzene rings is 1. The second-order valence-corrected chi connectivity index (χ2v) is 7.47. The lowest BCUT2D eigenvalue weighted by Crippen LogP contribution is -2.29. The van der Waals surface area contributed by atoms with Crippen LogP contribution < -0.4 is 10.2 Å². The van der Waals surface area contributed by atoms with Crippen LogP contribution in [0, 0.1) is 0 Å². The minimum Gasteiger partial charge on any atom is -0.372 e. The smallest absolute Gasteiger partial charge is 0.251 e. The summed E-state index contributed by atoms with van der Waals surface area (Å²) >= 11 is 0. The molecule has 1 unspecified atom stereocenters. The monoisotopic (exact) mass is 353 g/mol. The summed E-state index contributed by atoms with van der Waals surface area (Å²) in [7, 11) is 0. The molecule has 0 radical (unpaired) electrons. The molecule has 4 rings (SSSR count). The van der Waals surface area contributed by atoms with Crippen LogP contribution in [0.1, 0.15) is 73.7 Å². The van der Waals surface area contributed by atoms with Crippen molar-refractivity contribution in [3.63, 3.8) is 0 Å². The van der Waals surface area contributed by atoms with Gasteiger partial charge in [-0.2, -0.15) is 0 Å². The fourth-order valence-corrected chi connectivity index (χ4v) is 4.17. The summed E-state index contributed by atoms with van der Waals surface area (Å²) in [6, 6.07) is 8.23. The minimum absolute atomic E-state index is 0.0635. The Morgan fingerprint density at radius 1 is 1.12 bits per heavy atom. The van der Waals surface area contributed by atoms with Crippen LogP contribution in [0.25, 0.3) is 0 Å². The van der Waals surface area contributed by atoms with E-state index >= 15 is 0 Å². The number of nitrogens with zero attached hydrogens (tertiary/aromatic N) is 4. The van der Waals surface area contributed by atoms with E-state index in [1.165, 1.54) is 44.2 Å². The number of amides is 1. The maximum absolute atomic E-state index is 12.6. The molecule has 1 aromatic carbocycles. The van der Waals surface area contributed by atoms with Crippen molar-refractivity contribution in [3.8, 4) is 0 Å². The number of carbonyl (C=O) groups is 1. The summed E-state index contributed by atoms with van der Waals surface area (Å²) in [4.78, 5) is 15.0. The van der Waals surface area contributed by atoms with Gasteiger partial charge < -0.3 is 14.8 Å². The molecule has 6 nitrogen and oxygen atoms in total. The zero-order chi connectivity index (χ0) is 17.9. The summed E-state index contributed by atoms with van der Waals surface area (Å²) < 4.78 is 2.15. The van der Waals surface area contributed by atoms with Gasteiger partial charge in [0.15, 0.2) is 5.82 Å². The van der Waals surface area contributed by atoms with E-state index < -0.39 is 0 Å². The molecule has 1 amide bonds. The first-order valence-corrected chi connectivity index (χ1v) is 9.77. The van der Waals surface area contributed by atoms with Gasteiger partial charge in [-0.05, 0) is 56.9 Å². The third-order valence-corrected chi connectivity index (χ3v) is 5.65. The Balaban J connectivity index is 1.42. The summed E-state index contributed by atoms with van der Waals surface area (Å²) in [5, 5.41) is 11.4. The molecule has 0 spiro atoms. The van der Waals surface area contributed by atoms with E-state index in [0.717, 1.165) is 18.9 Å². The molecule has 1 saturated carbocycles. The first-order chi connectivity index (χ1) is 12.7. The van der Waals surface area contributed by atoms with Gasteiger partial charge in [-0.15, -0.1) is 10.2 Å². The number of rotatable bonds is 5.